The van der Waals surface area contributed by atoms with Gasteiger partial charge >= 0.3 is 38.2 Å². The number of methoxy groups -OCH3 is 3. The first-order valence-corrected chi connectivity index (χ1v) is 19.6. The minimum atomic E-state index is -0.695. The zero-order chi connectivity index (χ0) is 41.7. The Bertz CT molecular complexity index is 1430. The Kier molecular flexibility index (Phi) is 20.7. The maximum absolute atomic E-state index is 13.6. The van der Waals surface area contributed by atoms with Gasteiger partial charge in [-0.25, -0.2) is 0 Å². The van der Waals surface area contributed by atoms with E-state index in [-0.39, 0.29) is 38.2 Å². The van der Waals surface area contributed by atoms with Crippen LogP contribution in [0.5, 0.6) is 17.2 Å². The summed E-state index contributed by atoms with van der Waals surface area (Å²) in [6.07, 6.45) is 5.11. The van der Waals surface area contributed by atoms with Gasteiger partial charge in [0.05, 0.1) is 21.3 Å². The van der Waals surface area contributed by atoms with Crippen molar-refractivity contribution < 1.29 is 61.9 Å². The molecule has 0 aliphatic carbocycles. The van der Waals surface area contributed by atoms with Crippen LogP contribution in [0.25, 0.3) is 0 Å². The smallest absolute Gasteiger partial charge is 0.758 e. The summed E-state index contributed by atoms with van der Waals surface area (Å²) in [7, 11) is 4.76. The van der Waals surface area contributed by atoms with Crippen LogP contribution in [0.3, 0.4) is 0 Å². The van der Waals surface area contributed by atoms with Crippen molar-refractivity contribution in [2.24, 2.45) is 0 Å². The summed E-state index contributed by atoms with van der Waals surface area (Å²) < 4.78 is 26.6. The molecule has 0 bridgehead atoms. The van der Waals surface area contributed by atoms with E-state index in [1.54, 1.807) is 57.7 Å². The van der Waals surface area contributed by atoms with Crippen LogP contribution < -0.4 is 29.4 Å². The van der Waals surface area contributed by atoms with Gasteiger partial charge in [0.1, 0.15) is 17.2 Å². The molecular weight excluding hydrogens is 875 g/mol. The van der Waals surface area contributed by atoms with Crippen molar-refractivity contribution in [2.45, 2.75) is 124 Å². The van der Waals surface area contributed by atoms with Crippen LogP contribution in [0.1, 0.15) is 105 Å². The number of hydrogen-bond donors (Lipinski definition) is 0. The maximum atomic E-state index is 13.6. The monoisotopic (exact) mass is 943 g/mol. The first-order chi connectivity index (χ1) is 26.3. The molecule has 2 fully saturated rings. The molecule has 321 valence electrons. The molecule has 5 rings (SSSR count). The van der Waals surface area contributed by atoms with Crippen LogP contribution in [-0.2, 0) is 29.1 Å². The molecule has 3 aromatic carbocycles. The average Bonchev–Trinajstić information content (AvgIpc) is 3.93. The van der Waals surface area contributed by atoms with Gasteiger partial charge in [-0.05, 0) is 159 Å². The van der Waals surface area contributed by atoms with Crippen molar-refractivity contribution in [2.75, 3.05) is 62.9 Å². The fraction of sp³-hybridized carbons (Fsp3) is 0.591. The summed E-state index contributed by atoms with van der Waals surface area (Å²) in [6, 6.07) is 16.2. The second kappa shape index (κ2) is 23.3. The van der Waals surface area contributed by atoms with Crippen molar-refractivity contribution in [3.05, 3.63) is 86.9 Å². The quantitative estimate of drug-likeness (QED) is 0.160. The van der Waals surface area contributed by atoms with Crippen molar-refractivity contribution in [3.63, 3.8) is 0 Å². The molecule has 13 heteroatoms. The molecule has 2 heterocycles. The van der Waals surface area contributed by atoms with E-state index in [0.29, 0.717) is 53.9 Å². The molecule has 2 aliphatic heterocycles. The Morgan fingerprint density at radius 3 is 0.895 bits per heavy atom. The summed E-state index contributed by atoms with van der Waals surface area (Å²) in [5.74, 6) is 1.84. The van der Waals surface area contributed by atoms with E-state index in [2.05, 4.69) is 4.90 Å². The number of benzene rings is 3. The molecule has 12 nitrogen and oxygen atoms in total. The Morgan fingerprint density at radius 2 is 0.719 bits per heavy atom. The number of hydrogen-bond acceptors (Lipinski definition) is 12. The number of ether oxygens (including phenoxy) is 5. The van der Waals surface area contributed by atoms with Crippen LogP contribution in [0, 0.1) is 53.8 Å². The topological polar surface area (TPSA) is 128 Å². The summed E-state index contributed by atoms with van der Waals surface area (Å²) in [4.78, 5) is 2.11. The number of anilines is 3. The predicted octanol–water partition coefficient (Wildman–Crippen LogP) is 9.82. The van der Waals surface area contributed by atoms with E-state index >= 15 is 0 Å². The van der Waals surface area contributed by atoms with Gasteiger partial charge in [-0.3, -0.25) is 4.90 Å². The van der Waals surface area contributed by atoms with Crippen molar-refractivity contribution in [1.29, 1.82) is 0 Å². The summed E-state index contributed by atoms with van der Waals surface area (Å²) in [6.45, 7) is 21.7. The van der Waals surface area contributed by atoms with E-state index in [4.69, 9.17) is 23.7 Å². The SMILES string of the molecule is C1CCOC1.C1CCOC1.COc1ccc(N([O-])C(C)(C)C)c(CN(Cc2cc(OC)ccc2N([O-])C(C)(C)C)Cc2cc(OC)ccc2N([O-])C(C)(C)C)c1.[Dy+3]. The van der Waals surface area contributed by atoms with E-state index in [9.17, 15) is 15.6 Å². The molecule has 3 aromatic rings. The molecule has 0 saturated carbocycles. The minimum absolute atomic E-state index is 0. The number of rotatable bonds is 12. The normalized spacial score (nSPS) is 14.1. The van der Waals surface area contributed by atoms with E-state index in [0.717, 1.165) is 58.3 Å². The Morgan fingerprint density at radius 1 is 0.474 bits per heavy atom. The second-order valence-corrected chi connectivity index (χ2v) is 17.2. The molecule has 0 N–H and O–H groups in total. The largest absolute Gasteiger partial charge is 3.00 e. The van der Waals surface area contributed by atoms with Gasteiger partial charge in [-0.15, -0.1) is 0 Å². The molecule has 0 unspecified atom stereocenters. The molecule has 2 aliphatic rings. The zero-order valence-corrected chi connectivity index (χ0v) is 38.4. The summed E-state index contributed by atoms with van der Waals surface area (Å²) in [5.41, 5.74) is 1.66. The van der Waals surface area contributed by atoms with Crippen LogP contribution in [-0.4, -0.2) is 69.3 Å². The Labute approximate surface area is 372 Å². The van der Waals surface area contributed by atoms with Gasteiger partial charge in [-0.1, -0.05) is 0 Å². The number of nitrogens with zero attached hydrogens (tertiary/aromatic N) is 4. The van der Waals surface area contributed by atoms with Gasteiger partial charge in [0.25, 0.3) is 0 Å². The van der Waals surface area contributed by atoms with Gasteiger partial charge < -0.3 is 54.5 Å². The van der Waals surface area contributed by atoms with E-state index in [1.807, 2.05) is 80.5 Å². The molecular formula is C44H67DyN4O8. The van der Waals surface area contributed by atoms with Crippen LogP contribution in [0.4, 0.5) is 17.1 Å². The minimum Gasteiger partial charge on any atom is -0.758 e. The molecule has 0 aromatic heterocycles. The molecule has 0 amide bonds. The molecule has 2 saturated heterocycles. The molecule has 57 heavy (non-hydrogen) atoms. The van der Waals surface area contributed by atoms with E-state index < -0.39 is 16.6 Å². The fourth-order valence-electron chi connectivity index (χ4n) is 6.04. The summed E-state index contributed by atoms with van der Waals surface area (Å²) >= 11 is 0. The van der Waals surface area contributed by atoms with Gasteiger partial charge in [-0.2, -0.15) is 0 Å². The van der Waals surface area contributed by atoms with Crippen LogP contribution >= 0.6 is 0 Å². The molecule has 0 atom stereocenters. The first-order valence-electron chi connectivity index (χ1n) is 19.6. The Balaban J connectivity index is 0.000000881. The fourth-order valence-corrected chi connectivity index (χ4v) is 6.04. The first kappa shape index (κ1) is 50.6. The average molecular weight is 943 g/mol. The number of hydroxylamine groups is 3. The van der Waals surface area contributed by atoms with Crippen LogP contribution in [0.2, 0.25) is 0 Å². The molecule has 1 radical (unpaired) electrons. The van der Waals surface area contributed by atoms with Gasteiger partial charge in [0, 0.05) is 79.7 Å². The van der Waals surface area contributed by atoms with Crippen molar-refractivity contribution >= 4 is 17.1 Å². The van der Waals surface area contributed by atoms with Gasteiger partial charge in [0.2, 0.25) is 0 Å². The summed E-state index contributed by atoms with van der Waals surface area (Å²) in [5, 5.41) is 43.8. The van der Waals surface area contributed by atoms with E-state index in [1.165, 1.54) is 25.7 Å². The third kappa shape index (κ3) is 15.9. The predicted molar refractivity (Wildman–Crippen MR) is 229 cm³/mol. The standard InChI is InChI=1S/C36H51N4O6.2C4H8O.Dy/c1-34(2,3)38(41)31-16-13-28(44-10)19-25(31)22-37(23-26-20-29(45-11)14-17-32(26)39(42)35(4,5)6)24-27-21-30(46-12)15-18-33(27)40(43)36(7,8)9;2*1-2-4-5-3-1;/h13-21H,22-24H2,1-12H3;2*1-4H2;/q-3;;;+3. The Hall–Kier alpha value is -2.51. The third-order valence-electron chi connectivity index (χ3n) is 9.18. The van der Waals surface area contributed by atoms with Crippen LogP contribution in [0.15, 0.2) is 54.6 Å². The second-order valence-electron chi connectivity index (χ2n) is 17.2. The molecule has 0 spiro atoms. The zero-order valence-electron chi connectivity index (χ0n) is 36.3. The maximum Gasteiger partial charge on any atom is 3.00 e. The van der Waals surface area contributed by atoms with Crippen molar-refractivity contribution in [1.82, 2.24) is 4.90 Å². The van der Waals surface area contributed by atoms with Crippen molar-refractivity contribution in [3.8, 4) is 17.2 Å². The van der Waals surface area contributed by atoms with Gasteiger partial charge in [0.15, 0.2) is 0 Å². The third-order valence-corrected chi connectivity index (χ3v) is 9.18.